The van der Waals surface area contributed by atoms with Crippen molar-refractivity contribution in [1.29, 1.82) is 0 Å². The molecule has 1 N–H and O–H groups in total. The van der Waals surface area contributed by atoms with Crippen LogP contribution in [0.15, 0.2) is 41.3 Å². The normalized spacial score (nSPS) is 10.4. The van der Waals surface area contributed by atoms with E-state index in [1.54, 1.807) is 0 Å². The van der Waals surface area contributed by atoms with Crippen LogP contribution in [0, 0.1) is 23.3 Å². The van der Waals surface area contributed by atoms with Gasteiger partial charge in [-0.1, -0.05) is 0 Å². The first-order valence-electron chi connectivity index (χ1n) is 6.83. The summed E-state index contributed by atoms with van der Waals surface area (Å²) < 4.78 is 57.3. The highest BCUT2D eigenvalue weighted by Gasteiger charge is 2.13. The third-order valence-corrected chi connectivity index (χ3v) is 3.81. The van der Waals surface area contributed by atoms with Crippen molar-refractivity contribution in [3.8, 4) is 0 Å². The first-order valence-corrected chi connectivity index (χ1v) is 7.82. The van der Waals surface area contributed by atoms with Gasteiger partial charge in [0.05, 0.1) is 11.4 Å². The molecule has 0 bridgehead atoms. The van der Waals surface area contributed by atoms with Gasteiger partial charge in [-0.05, 0) is 30.3 Å². The number of rotatable bonds is 6. The van der Waals surface area contributed by atoms with Crippen molar-refractivity contribution >= 4 is 29.3 Å². The number of benzene rings is 2. The summed E-state index contributed by atoms with van der Waals surface area (Å²) in [4.78, 5) is 23.0. The van der Waals surface area contributed by atoms with E-state index in [1.165, 1.54) is 0 Å². The fourth-order valence-corrected chi connectivity index (χ4v) is 2.45. The molecule has 0 heterocycles. The van der Waals surface area contributed by atoms with E-state index in [1.807, 2.05) is 5.32 Å². The number of thioether (sulfide) groups is 1. The summed E-state index contributed by atoms with van der Waals surface area (Å²) in [6.07, 6.45) is 0. The molecule has 0 unspecified atom stereocenters. The Morgan fingerprint density at radius 1 is 0.960 bits per heavy atom. The Kier molecular flexibility index (Phi) is 6.40. The number of nitrogens with one attached hydrogen (secondary N) is 1. The molecule has 25 heavy (non-hydrogen) atoms. The van der Waals surface area contributed by atoms with Crippen molar-refractivity contribution < 1.29 is 31.9 Å². The van der Waals surface area contributed by atoms with Gasteiger partial charge in [-0.3, -0.25) is 9.59 Å². The van der Waals surface area contributed by atoms with Crippen LogP contribution in [-0.2, 0) is 14.3 Å². The third-order valence-electron chi connectivity index (χ3n) is 2.81. The van der Waals surface area contributed by atoms with E-state index in [0.717, 1.165) is 36.4 Å². The number of carbonyl (C=O) groups excluding carboxylic acids is 2. The molecule has 0 saturated heterocycles. The van der Waals surface area contributed by atoms with Gasteiger partial charge >= 0.3 is 5.97 Å². The predicted octanol–water partition coefficient (Wildman–Crippen LogP) is 3.52. The molecule has 2 aromatic rings. The van der Waals surface area contributed by atoms with Crippen molar-refractivity contribution in [2.75, 3.05) is 17.7 Å². The predicted molar refractivity (Wildman–Crippen MR) is 83.0 cm³/mol. The summed E-state index contributed by atoms with van der Waals surface area (Å²) in [5, 5.41) is 2.05. The lowest BCUT2D eigenvalue weighted by Gasteiger charge is -2.08. The molecule has 4 nitrogen and oxygen atoms in total. The number of carbonyl (C=O) groups is 2. The Labute approximate surface area is 144 Å². The van der Waals surface area contributed by atoms with Crippen LogP contribution in [0.1, 0.15) is 0 Å². The van der Waals surface area contributed by atoms with Gasteiger partial charge in [0, 0.05) is 11.0 Å². The van der Waals surface area contributed by atoms with E-state index in [9.17, 15) is 27.2 Å². The lowest BCUT2D eigenvalue weighted by atomic mass is 10.3. The number of hydrogen-bond donors (Lipinski definition) is 1. The Hall–Kier alpha value is -2.55. The molecule has 2 rings (SSSR count). The van der Waals surface area contributed by atoms with E-state index in [-0.39, 0.29) is 10.6 Å². The first kappa shape index (κ1) is 18.8. The van der Waals surface area contributed by atoms with Crippen LogP contribution >= 0.6 is 11.8 Å². The van der Waals surface area contributed by atoms with Crippen LogP contribution < -0.4 is 5.32 Å². The summed E-state index contributed by atoms with van der Waals surface area (Å²) >= 11 is 0.699. The molecule has 0 saturated carbocycles. The Bertz CT molecular complexity index is 801. The number of anilines is 1. The van der Waals surface area contributed by atoms with E-state index in [4.69, 9.17) is 0 Å². The zero-order valence-electron chi connectivity index (χ0n) is 12.5. The maximum absolute atomic E-state index is 13.4. The van der Waals surface area contributed by atoms with Gasteiger partial charge in [-0.2, -0.15) is 0 Å². The summed E-state index contributed by atoms with van der Waals surface area (Å²) in [5.74, 6) is -5.04. The van der Waals surface area contributed by atoms with Crippen LogP contribution in [0.3, 0.4) is 0 Å². The SMILES string of the molecule is O=C(COC(=O)CSc1cc(F)ccc1F)Nc1cc(F)ccc1F. The highest BCUT2D eigenvalue weighted by Crippen LogP contribution is 2.22. The zero-order chi connectivity index (χ0) is 18.4. The number of hydrogen-bond acceptors (Lipinski definition) is 4. The Balaban J connectivity index is 1.80. The van der Waals surface area contributed by atoms with Gasteiger partial charge in [0.15, 0.2) is 6.61 Å². The van der Waals surface area contributed by atoms with Gasteiger partial charge < -0.3 is 10.1 Å². The lowest BCUT2D eigenvalue weighted by Crippen LogP contribution is -2.22. The molecule has 0 aliphatic rings. The summed E-state index contributed by atoms with van der Waals surface area (Å²) in [6.45, 7) is -0.735. The van der Waals surface area contributed by atoms with Crippen molar-refractivity contribution in [3.63, 3.8) is 0 Å². The maximum atomic E-state index is 13.4. The summed E-state index contributed by atoms with van der Waals surface area (Å²) in [7, 11) is 0. The smallest absolute Gasteiger partial charge is 0.316 e. The van der Waals surface area contributed by atoms with Crippen LogP contribution in [-0.4, -0.2) is 24.2 Å². The molecular weight excluding hydrogens is 362 g/mol. The molecule has 0 aliphatic heterocycles. The monoisotopic (exact) mass is 373 g/mol. The molecule has 132 valence electrons. The Morgan fingerprint density at radius 2 is 1.60 bits per heavy atom. The fourth-order valence-electron chi connectivity index (χ4n) is 1.69. The minimum absolute atomic E-state index is 0.0803. The van der Waals surface area contributed by atoms with E-state index >= 15 is 0 Å². The molecule has 0 spiro atoms. The van der Waals surface area contributed by atoms with Crippen molar-refractivity contribution in [2.24, 2.45) is 0 Å². The van der Waals surface area contributed by atoms with Crippen LogP contribution in [0.4, 0.5) is 23.2 Å². The maximum Gasteiger partial charge on any atom is 0.316 e. The number of ether oxygens (including phenoxy) is 1. The standard InChI is InChI=1S/C16H11F4NO3S/c17-9-1-3-11(19)13(5-9)21-15(22)7-24-16(23)8-25-14-6-10(18)2-4-12(14)20/h1-6H,7-8H2,(H,21,22). The van der Waals surface area contributed by atoms with Gasteiger partial charge in [0.1, 0.15) is 23.3 Å². The van der Waals surface area contributed by atoms with E-state index in [0.29, 0.717) is 11.8 Å². The minimum Gasteiger partial charge on any atom is -0.455 e. The second kappa shape index (κ2) is 8.52. The number of esters is 1. The largest absolute Gasteiger partial charge is 0.455 e. The molecular formula is C16H11F4NO3S. The van der Waals surface area contributed by atoms with Gasteiger partial charge in [-0.25, -0.2) is 17.6 Å². The van der Waals surface area contributed by atoms with Crippen LogP contribution in [0.2, 0.25) is 0 Å². The van der Waals surface area contributed by atoms with Crippen molar-refractivity contribution in [2.45, 2.75) is 4.90 Å². The van der Waals surface area contributed by atoms with E-state index < -0.39 is 47.4 Å². The van der Waals surface area contributed by atoms with Gasteiger partial charge in [0.25, 0.3) is 5.91 Å². The molecule has 9 heteroatoms. The molecule has 2 aromatic carbocycles. The quantitative estimate of drug-likeness (QED) is 0.478. The average molecular weight is 373 g/mol. The summed E-state index contributed by atoms with van der Waals surface area (Å²) in [6, 6.07) is 5.27. The van der Waals surface area contributed by atoms with E-state index in [2.05, 4.69) is 4.74 Å². The minimum atomic E-state index is -0.875. The molecule has 0 radical (unpaired) electrons. The zero-order valence-corrected chi connectivity index (χ0v) is 13.3. The molecule has 0 fully saturated rings. The molecule has 0 aromatic heterocycles. The second-order valence-electron chi connectivity index (χ2n) is 4.70. The third kappa shape index (κ3) is 5.79. The highest BCUT2D eigenvalue weighted by molar-refractivity contribution is 8.00. The second-order valence-corrected chi connectivity index (χ2v) is 5.71. The van der Waals surface area contributed by atoms with Crippen LogP contribution in [0.5, 0.6) is 0 Å². The van der Waals surface area contributed by atoms with Crippen molar-refractivity contribution in [1.82, 2.24) is 0 Å². The van der Waals surface area contributed by atoms with Crippen LogP contribution in [0.25, 0.3) is 0 Å². The van der Waals surface area contributed by atoms with Gasteiger partial charge in [0.2, 0.25) is 0 Å². The topological polar surface area (TPSA) is 55.4 Å². The summed E-state index contributed by atoms with van der Waals surface area (Å²) in [5.41, 5.74) is -0.391. The Morgan fingerprint density at radius 3 is 2.32 bits per heavy atom. The fraction of sp³-hybridized carbons (Fsp3) is 0.125. The lowest BCUT2D eigenvalue weighted by molar-refractivity contribution is -0.144. The average Bonchev–Trinajstić information content (AvgIpc) is 2.57. The molecule has 1 amide bonds. The molecule has 0 aliphatic carbocycles. The number of halogens is 4. The van der Waals surface area contributed by atoms with Gasteiger partial charge in [-0.15, -0.1) is 11.8 Å². The molecule has 0 atom stereocenters. The first-order chi connectivity index (χ1) is 11.8. The van der Waals surface area contributed by atoms with Crippen molar-refractivity contribution in [3.05, 3.63) is 59.7 Å². The number of amides is 1. The highest BCUT2D eigenvalue weighted by atomic mass is 32.2.